The number of halogens is 2. The molecule has 0 amide bonds. The Balaban J connectivity index is 0. The van der Waals surface area contributed by atoms with Gasteiger partial charge in [-0.2, -0.15) is 0 Å². The zero-order chi connectivity index (χ0) is 9.19. The fourth-order valence-corrected chi connectivity index (χ4v) is 1.54. The van der Waals surface area contributed by atoms with E-state index in [0.29, 0.717) is 0 Å². The summed E-state index contributed by atoms with van der Waals surface area (Å²) in [5, 5.41) is 8.60. The molecule has 6 heteroatoms. The number of aliphatic carboxylic acids is 1. The molecule has 0 aromatic carbocycles. The van der Waals surface area contributed by atoms with Gasteiger partial charge in [0.2, 0.25) is 0 Å². The molecule has 3 N–H and O–H groups in total. The van der Waals surface area contributed by atoms with Gasteiger partial charge in [0.25, 0.3) is 0 Å². The van der Waals surface area contributed by atoms with E-state index in [-0.39, 0.29) is 31.2 Å². The van der Waals surface area contributed by atoms with E-state index in [1.807, 2.05) is 7.05 Å². The average molecular weight is 245 g/mol. The van der Waals surface area contributed by atoms with Crippen molar-refractivity contribution in [1.29, 1.82) is 0 Å². The molecule has 1 heterocycles. The Morgan fingerprint density at radius 1 is 1.43 bits per heavy atom. The van der Waals surface area contributed by atoms with Gasteiger partial charge < -0.3 is 15.7 Å². The lowest BCUT2D eigenvalue weighted by molar-refractivity contribution is -0.138. The molecule has 1 aliphatic rings. The lowest BCUT2D eigenvalue weighted by Gasteiger charge is -2.36. The Kier molecular flexibility index (Phi) is 7.56. The maximum absolute atomic E-state index is 10.5. The Morgan fingerprint density at radius 2 is 1.86 bits per heavy atom. The molecule has 0 saturated carbocycles. The number of carbonyl (C=O) groups is 1. The van der Waals surface area contributed by atoms with Crippen molar-refractivity contribution in [2.24, 2.45) is 5.73 Å². The summed E-state index contributed by atoms with van der Waals surface area (Å²) in [6, 6.07) is 0. The molecule has 0 spiro atoms. The summed E-state index contributed by atoms with van der Waals surface area (Å²) in [4.78, 5) is 12.6. The normalized spacial score (nSPS) is 20.4. The van der Waals surface area contributed by atoms with Gasteiger partial charge in [0, 0.05) is 5.54 Å². The molecule has 14 heavy (non-hydrogen) atoms. The Morgan fingerprint density at radius 3 is 2.21 bits per heavy atom. The molecular weight excluding hydrogens is 227 g/mol. The monoisotopic (exact) mass is 244 g/mol. The first-order valence-corrected chi connectivity index (χ1v) is 4.21. The van der Waals surface area contributed by atoms with Crippen molar-refractivity contribution in [3.8, 4) is 0 Å². The maximum atomic E-state index is 10.5. The van der Waals surface area contributed by atoms with E-state index in [1.54, 1.807) is 0 Å². The Bertz CT molecular complexity index is 182. The molecule has 0 radical (unpaired) electrons. The van der Waals surface area contributed by atoms with Gasteiger partial charge in [0.15, 0.2) is 0 Å². The van der Waals surface area contributed by atoms with Gasteiger partial charge in [-0.15, -0.1) is 24.8 Å². The molecule has 1 rings (SSSR count). The van der Waals surface area contributed by atoms with E-state index in [1.165, 1.54) is 0 Å². The molecule has 1 saturated heterocycles. The third-order valence-electron chi connectivity index (χ3n) is 2.49. The molecular formula is C8H18Cl2N2O2. The van der Waals surface area contributed by atoms with Crippen molar-refractivity contribution >= 4 is 30.8 Å². The van der Waals surface area contributed by atoms with Gasteiger partial charge in [-0.05, 0) is 33.0 Å². The molecule has 1 fully saturated rings. The van der Waals surface area contributed by atoms with Crippen LogP contribution >= 0.6 is 24.8 Å². The van der Waals surface area contributed by atoms with Crippen molar-refractivity contribution in [2.75, 3.05) is 20.1 Å². The number of hydrogen-bond acceptors (Lipinski definition) is 3. The summed E-state index contributed by atoms with van der Waals surface area (Å²) in [6.07, 6.45) is 1.67. The molecule has 0 bridgehead atoms. The van der Waals surface area contributed by atoms with Crippen LogP contribution in [0, 0.1) is 0 Å². The number of hydrogen-bond donors (Lipinski definition) is 2. The molecule has 0 atom stereocenters. The minimum Gasteiger partial charge on any atom is -0.481 e. The molecule has 1 aliphatic heterocycles. The quantitative estimate of drug-likeness (QED) is 0.752. The first-order chi connectivity index (χ1) is 5.52. The van der Waals surface area contributed by atoms with E-state index in [0.717, 1.165) is 25.9 Å². The van der Waals surface area contributed by atoms with E-state index in [2.05, 4.69) is 4.90 Å². The number of nitrogens with two attached hydrogens (primary N) is 1. The van der Waals surface area contributed by atoms with Crippen LogP contribution in [-0.2, 0) is 4.79 Å². The number of carboxylic acid groups (broad SMARTS) is 1. The standard InChI is InChI=1S/C8H16N2O2.2ClH/c1-10-4-2-8(9,3-5-10)6-7(11)12;;/h2-6,9H2,1H3,(H,11,12);2*1H. The van der Waals surface area contributed by atoms with Crippen molar-refractivity contribution < 1.29 is 9.90 Å². The van der Waals surface area contributed by atoms with Crippen LogP contribution in [0.4, 0.5) is 0 Å². The topological polar surface area (TPSA) is 66.6 Å². The van der Waals surface area contributed by atoms with E-state index >= 15 is 0 Å². The van der Waals surface area contributed by atoms with Gasteiger partial charge in [-0.25, -0.2) is 0 Å². The molecule has 0 aromatic heterocycles. The summed E-state index contributed by atoms with van der Waals surface area (Å²) in [6.45, 7) is 1.81. The minimum absolute atomic E-state index is 0. The van der Waals surface area contributed by atoms with Crippen LogP contribution in [-0.4, -0.2) is 41.7 Å². The second-order valence-corrected chi connectivity index (χ2v) is 3.74. The first-order valence-electron chi connectivity index (χ1n) is 4.21. The maximum Gasteiger partial charge on any atom is 0.305 e. The van der Waals surface area contributed by atoms with Crippen LogP contribution in [0.25, 0.3) is 0 Å². The van der Waals surface area contributed by atoms with E-state index < -0.39 is 11.5 Å². The SMILES string of the molecule is CN1CCC(N)(CC(=O)O)CC1.Cl.Cl. The zero-order valence-electron chi connectivity index (χ0n) is 8.23. The van der Waals surface area contributed by atoms with Crippen LogP contribution in [0.15, 0.2) is 0 Å². The van der Waals surface area contributed by atoms with Crippen molar-refractivity contribution in [2.45, 2.75) is 24.8 Å². The largest absolute Gasteiger partial charge is 0.481 e. The smallest absolute Gasteiger partial charge is 0.305 e. The third-order valence-corrected chi connectivity index (χ3v) is 2.49. The molecule has 4 nitrogen and oxygen atoms in total. The Hall–Kier alpha value is -0.0300. The number of piperidine rings is 1. The summed E-state index contributed by atoms with van der Waals surface area (Å²) >= 11 is 0. The lowest BCUT2D eigenvalue weighted by Crippen LogP contribution is -2.50. The van der Waals surface area contributed by atoms with Crippen LogP contribution in [0.5, 0.6) is 0 Å². The summed E-state index contributed by atoms with van der Waals surface area (Å²) in [7, 11) is 2.03. The molecule has 86 valence electrons. The third kappa shape index (κ3) is 5.00. The average Bonchev–Trinajstić information content (AvgIpc) is 1.94. The van der Waals surface area contributed by atoms with Gasteiger partial charge >= 0.3 is 5.97 Å². The minimum atomic E-state index is -0.790. The van der Waals surface area contributed by atoms with Crippen molar-refractivity contribution in [3.63, 3.8) is 0 Å². The summed E-state index contributed by atoms with van der Waals surface area (Å²) in [5.74, 6) is -0.790. The molecule has 0 unspecified atom stereocenters. The first kappa shape index (κ1) is 16.4. The van der Waals surface area contributed by atoms with Crippen LogP contribution in [0.2, 0.25) is 0 Å². The van der Waals surface area contributed by atoms with Crippen LogP contribution < -0.4 is 5.73 Å². The number of carboxylic acids is 1. The lowest BCUT2D eigenvalue weighted by atomic mass is 9.86. The van der Waals surface area contributed by atoms with Gasteiger partial charge in [-0.3, -0.25) is 4.79 Å². The highest BCUT2D eigenvalue weighted by Crippen LogP contribution is 2.21. The second kappa shape index (κ2) is 6.45. The Labute approximate surface area is 96.6 Å². The van der Waals surface area contributed by atoms with Gasteiger partial charge in [0.1, 0.15) is 0 Å². The summed E-state index contributed by atoms with van der Waals surface area (Å²) in [5.41, 5.74) is 5.45. The van der Waals surface area contributed by atoms with E-state index in [9.17, 15) is 4.79 Å². The van der Waals surface area contributed by atoms with Crippen LogP contribution in [0.1, 0.15) is 19.3 Å². The predicted octanol–water partition coefficient (Wildman–Crippen LogP) is 0.728. The molecule has 0 aliphatic carbocycles. The van der Waals surface area contributed by atoms with Gasteiger partial charge in [0.05, 0.1) is 6.42 Å². The number of rotatable bonds is 2. The highest BCUT2D eigenvalue weighted by atomic mass is 35.5. The van der Waals surface area contributed by atoms with Gasteiger partial charge in [-0.1, -0.05) is 0 Å². The zero-order valence-corrected chi connectivity index (χ0v) is 9.87. The predicted molar refractivity (Wildman–Crippen MR) is 60.4 cm³/mol. The fourth-order valence-electron chi connectivity index (χ4n) is 1.54. The van der Waals surface area contributed by atoms with Crippen molar-refractivity contribution in [1.82, 2.24) is 4.90 Å². The second-order valence-electron chi connectivity index (χ2n) is 3.74. The van der Waals surface area contributed by atoms with Crippen LogP contribution in [0.3, 0.4) is 0 Å². The van der Waals surface area contributed by atoms with Crippen molar-refractivity contribution in [3.05, 3.63) is 0 Å². The highest BCUT2D eigenvalue weighted by molar-refractivity contribution is 5.85. The fraction of sp³-hybridized carbons (Fsp3) is 0.875. The summed E-state index contributed by atoms with van der Waals surface area (Å²) < 4.78 is 0. The number of nitrogens with zero attached hydrogens (tertiary/aromatic N) is 1. The van der Waals surface area contributed by atoms with E-state index in [4.69, 9.17) is 10.8 Å². The molecule has 0 aromatic rings. The highest BCUT2D eigenvalue weighted by Gasteiger charge is 2.31. The number of likely N-dealkylation sites (tertiary alicyclic amines) is 1.